The first-order valence-corrected chi connectivity index (χ1v) is 8.35. The number of rotatable bonds is 4. The molecule has 0 radical (unpaired) electrons. The predicted octanol–water partition coefficient (Wildman–Crippen LogP) is 2.66. The average Bonchev–Trinajstić information content (AvgIpc) is 2.52. The van der Waals surface area contributed by atoms with Gasteiger partial charge in [0.2, 0.25) is 5.91 Å². The Labute approximate surface area is 138 Å². The number of hydrogen-bond donors (Lipinski definition) is 3. The zero-order valence-corrected chi connectivity index (χ0v) is 14.2. The fraction of sp³-hybridized carbons (Fsp3) is 0.556. The summed E-state index contributed by atoms with van der Waals surface area (Å²) in [5, 5.41) is 8.47. The van der Waals surface area contributed by atoms with Crippen LogP contribution >= 0.6 is 0 Å². The Morgan fingerprint density at radius 1 is 1.22 bits per heavy atom. The molecule has 5 heteroatoms. The van der Waals surface area contributed by atoms with Crippen molar-refractivity contribution in [3.8, 4) is 0 Å². The summed E-state index contributed by atoms with van der Waals surface area (Å²) in [6.45, 7) is 4.15. The van der Waals surface area contributed by atoms with Crippen LogP contribution in [-0.2, 0) is 4.79 Å². The highest BCUT2D eigenvalue weighted by Crippen LogP contribution is 2.23. The van der Waals surface area contributed by atoms with E-state index in [4.69, 9.17) is 0 Å². The maximum absolute atomic E-state index is 12.3. The van der Waals surface area contributed by atoms with Crippen LogP contribution in [0.4, 0.5) is 4.79 Å². The van der Waals surface area contributed by atoms with Gasteiger partial charge in [-0.1, -0.05) is 44.0 Å². The number of nitrogens with one attached hydrogen (secondary N) is 3. The third-order valence-corrected chi connectivity index (χ3v) is 4.56. The summed E-state index contributed by atoms with van der Waals surface area (Å²) < 4.78 is 0. The number of hydrogen-bond acceptors (Lipinski definition) is 2. The molecule has 0 spiro atoms. The molecule has 0 heterocycles. The van der Waals surface area contributed by atoms with Crippen molar-refractivity contribution in [3.63, 3.8) is 0 Å². The van der Waals surface area contributed by atoms with Gasteiger partial charge in [0, 0.05) is 13.1 Å². The molecule has 1 aromatic carbocycles. The van der Waals surface area contributed by atoms with E-state index in [1.54, 1.807) is 7.05 Å². The summed E-state index contributed by atoms with van der Waals surface area (Å²) in [4.78, 5) is 24.5. The Morgan fingerprint density at radius 2 is 1.96 bits per heavy atom. The van der Waals surface area contributed by atoms with Crippen molar-refractivity contribution in [2.24, 2.45) is 5.92 Å². The van der Waals surface area contributed by atoms with Gasteiger partial charge >= 0.3 is 6.03 Å². The number of amides is 3. The van der Waals surface area contributed by atoms with Crippen LogP contribution in [0.3, 0.4) is 0 Å². The lowest BCUT2D eigenvalue weighted by Crippen LogP contribution is -2.48. The van der Waals surface area contributed by atoms with Crippen molar-refractivity contribution >= 4 is 11.9 Å². The van der Waals surface area contributed by atoms with E-state index in [0.29, 0.717) is 5.92 Å². The Bertz CT molecular complexity index is 559. The standard InChI is InChI=1S/C18H27N3O2/c1-12-7-6-9-14(11-12)20-18(23)21-16(17(22)19-3)15-10-5-4-8-13(15)2/h4-5,8,10,12,14,16H,6-7,9,11H2,1-3H3,(H,19,22)(H2,20,21,23). The minimum absolute atomic E-state index is 0.195. The molecule has 126 valence electrons. The van der Waals surface area contributed by atoms with Crippen LogP contribution in [0, 0.1) is 12.8 Å². The summed E-state index contributed by atoms with van der Waals surface area (Å²) >= 11 is 0. The first-order chi connectivity index (χ1) is 11.0. The summed E-state index contributed by atoms with van der Waals surface area (Å²) in [5.41, 5.74) is 1.80. The molecule has 3 unspecified atom stereocenters. The zero-order chi connectivity index (χ0) is 16.8. The second kappa shape index (κ2) is 7.99. The van der Waals surface area contributed by atoms with Crippen molar-refractivity contribution in [1.82, 2.24) is 16.0 Å². The van der Waals surface area contributed by atoms with Gasteiger partial charge in [-0.2, -0.15) is 0 Å². The molecular weight excluding hydrogens is 290 g/mol. The molecule has 0 aromatic heterocycles. The number of benzene rings is 1. The zero-order valence-electron chi connectivity index (χ0n) is 14.2. The highest BCUT2D eigenvalue weighted by Gasteiger charge is 2.25. The Morgan fingerprint density at radius 3 is 2.61 bits per heavy atom. The molecule has 3 atom stereocenters. The molecule has 1 fully saturated rings. The second-order valence-electron chi connectivity index (χ2n) is 6.49. The third-order valence-electron chi connectivity index (χ3n) is 4.56. The Balaban J connectivity index is 2.04. The van der Waals surface area contributed by atoms with Gasteiger partial charge in [-0.05, 0) is 36.8 Å². The van der Waals surface area contributed by atoms with Crippen molar-refractivity contribution < 1.29 is 9.59 Å². The van der Waals surface area contributed by atoms with Gasteiger partial charge in [0.15, 0.2) is 0 Å². The van der Waals surface area contributed by atoms with Crippen LogP contribution in [0.2, 0.25) is 0 Å². The van der Waals surface area contributed by atoms with Crippen LogP contribution < -0.4 is 16.0 Å². The highest BCUT2D eigenvalue weighted by atomic mass is 16.2. The lowest BCUT2D eigenvalue weighted by Gasteiger charge is -2.28. The number of aryl methyl sites for hydroxylation is 1. The van der Waals surface area contributed by atoms with Crippen LogP contribution in [0.5, 0.6) is 0 Å². The maximum atomic E-state index is 12.3. The van der Waals surface area contributed by atoms with Crippen molar-refractivity contribution in [2.75, 3.05) is 7.05 Å². The van der Waals surface area contributed by atoms with Crippen molar-refractivity contribution in [1.29, 1.82) is 0 Å². The van der Waals surface area contributed by atoms with Crippen LogP contribution in [0.15, 0.2) is 24.3 Å². The summed E-state index contributed by atoms with van der Waals surface area (Å²) in [6.07, 6.45) is 4.38. The first-order valence-electron chi connectivity index (χ1n) is 8.35. The van der Waals surface area contributed by atoms with E-state index >= 15 is 0 Å². The Kier molecular flexibility index (Phi) is 6.02. The van der Waals surface area contributed by atoms with Gasteiger partial charge in [0.25, 0.3) is 0 Å². The number of carbonyl (C=O) groups excluding carboxylic acids is 2. The van der Waals surface area contributed by atoms with Crippen LogP contribution in [0.1, 0.15) is 49.8 Å². The van der Waals surface area contributed by atoms with Gasteiger partial charge in [-0.15, -0.1) is 0 Å². The molecule has 23 heavy (non-hydrogen) atoms. The third kappa shape index (κ3) is 4.71. The summed E-state index contributed by atoms with van der Waals surface area (Å²) in [5.74, 6) is 0.423. The van der Waals surface area contributed by atoms with Crippen molar-refractivity contribution in [2.45, 2.75) is 51.6 Å². The van der Waals surface area contributed by atoms with E-state index in [1.165, 1.54) is 6.42 Å². The lowest BCUT2D eigenvalue weighted by molar-refractivity contribution is -0.122. The SMILES string of the molecule is CNC(=O)C(NC(=O)NC1CCCC(C)C1)c1ccccc1C. The predicted molar refractivity (Wildman–Crippen MR) is 91.1 cm³/mol. The summed E-state index contributed by atoms with van der Waals surface area (Å²) in [7, 11) is 1.58. The van der Waals surface area contributed by atoms with E-state index in [-0.39, 0.29) is 18.0 Å². The van der Waals surface area contributed by atoms with Gasteiger partial charge < -0.3 is 16.0 Å². The molecule has 1 aliphatic carbocycles. The van der Waals surface area contributed by atoms with E-state index < -0.39 is 6.04 Å². The molecule has 0 aliphatic heterocycles. The maximum Gasteiger partial charge on any atom is 0.315 e. The number of urea groups is 1. The molecule has 1 saturated carbocycles. The van der Waals surface area contributed by atoms with E-state index in [9.17, 15) is 9.59 Å². The molecule has 2 rings (SSSR count). The smallest absolute Gasteiger partial charge is 0.315 e. The molecule has 1 aromatic rings. The topological polar surface area (TPSA) is 70.2 Å². The van der Waals surface area contributed by atoms with Gasteiger partial charge in [-0.3, -0.25) is 4.79 Å². The normalized spacial score (nSPS) is 22.0. The summed E-state index contributed by atoms with van der Waals surface area (Å²) in [6, 6.07) is 6.85. The van der Waals surface area contributed by atoms with E-state index in [1.807, 2.05) is 31.2 Å². The lowest BCUT2D eigenvalue weighted by atomic mass is 9.87. The molecule has 0 saturated heterocycles. The van der Waals surface area contributed by atoms with E-state index in [2.05, 4.69) is 22.9 Å². The minimum atomic E-state index is -0.679. The molecule has 3 N–H and O–H groups in total. The molecule has 0 bridgehead atoms. The monoisotopic (exact) mass is 317 g/mol. The molecule has 3 amide bonds. The quantitative estimate of drug-likeness (QED) is 0.799. The highest BCUT2D eigenvalue weighted by molar-refractivity contribution is 5.88. The largest absolute Gasteiger partial charge is 0.357 e. The van der Waals surface area contributed by atoms with E-state index in [0.717, 1.165) is 30.4 Å². The van der Waals surface area contributed by atoms with Gasteiger partial charge in [0.1, 0.15) is 6.04 Å². The Hall–Kier alpha value is -2.04. The number of carbonyl (C=O) groups is 2. The van der Waals surface area contributed by atoms with Gasteiger partial charge in [0.05, 0.1) is 0 Å². The molecule has 1 aliphatic rings. The van der Waals surface area contributed by atoms with Crippen LogP contribution in [-0.4, -0.2) is 25.0 Å². The molecular formula is C18H27N3O2. The van der Waals surface area contributed by atoms with Gasteiger partial charge in [-0.25, -0.2) is 4.79 Å². The second-order valence-corrected chi connectivity index (χ2v) is 6.49. The van der Waals surface area contributed by atoms with Crippen LogP contribution in [0.25, 0.3) is 0 Å². The fourth-order valence-corrected chi connectivity index (χ4v) is 3.26. The fourth-order valence-electron chi connectivity index (χ4n) is 3.26. The van der Waals surface area contributed by atoms with Crippen molar-refractivity contribution in [3.05, 3.63) is 35.4 Å². The average molecular weight is 317 g/mol. The minimum Gasteiger partial charge on any atom is -0.357 e. The number of likely N-dealkylation sites (N-methyl/N-ethyl adjacent to an activating group) is 1. The first kappa shape index (κ1) is 17.3. The molecule has 5 nitrogen and oxygen atoms in total.